The lowest BCUT2D eigenvalue weighted by Crippen LogP contribution is -2.62. The van der Waals surface area contributed by atoms with Gasteiger partial charge in [-0.05, 0) is 68.1 Å². The van der Waals surface area contributed by atoms with E-state index in [9.17, 15) is 29.1 Å². The summed E-state index contributed by atoms with van der Waals surface area (Å²) >= 11 is 0. The van der Waals surface area contributed by atoms with Crippen molar-refractivity contribution in [2.24, 2.45) is 23.2 Å². The van der Waals surface area contributed by atoms with Crippen LogP contribution in [0.25, 0.3) is 0 Å². The van der Waals surface area contributed by atoms with Crippen molar-refractivity contribution < 1.29 is 29.1 Å². The van der Waals surface area contributed by atoms with Crippen LogP contribution < -0.4 is 21.3 Å². The van der Waals surface area contributed by atoms with Gasteiger partial charge in [-0.25, -0.2) is 4.98 Å². The van der Waals surface area contributed by atoms with Crippen molar-refractivity contribution >= 4 is 29.5 Å². The lowest BCUT2D eigenvalue weighted by atomic mass is 9.82. The number of nitrogens with zero attached hydrogens (tertiary/aromatic N) is 3. The molecule has 1 saturated heterocycles. The predicted octanol–water partition coefficient (Wildman–Crippen LogP) is 2.24. The van der Waals surface area contributed by atoms with Crippen molar-refractivity contribution in [3.8, 4) is 0 Å². The number of aromatic nitrogens is 2. The number of nitrogens with one attached hydrogen (secondary N) is 4. The minimum absolute atomic E-state index is 0.0544. The first-order chi connectivity index (χ1) is 23.4. The number of aliphatic hydroxyl groups excluding tert-OH is 1. The highest BCUT2D eigenvalue weighted by Gasteiger charge is 2.52. The topological polar surface area (TPSA) is 183 Å². The van der Waals surface area contributed by atoms with E-state index in [4.69, 9.17) is 0 Å². The molecular formula is C36H55N7O6. The Kier molecular flexibility index (Phi) is 11.9. The Labute approximate surface area is 289 Å². The molecule has 2 heterocycles. The normalized spacial score (nSPS) is 25.0. The van der Waals surface area contributed by atoms with Crippen molar-refractivity contribution in [3.63, 3.8) is 0 Å². The number of amides is 5. The molecule has 13 heteroatoms. The number of aliphatic hydroxyl groups is 1. The Morgan fingerprint density at radius 2 is 1.65 bits per heavy atom. The maximum atomic E-state index is 14.6. The molecule has 5 N–H and O–H groups in total. The zero-order valence-corrected chi connectivity index (χ0v) is 29.5. The molecule has 4 fully saturated rings. The molecule has 0 spiro atoms. The SMILES string of the molecule is CCC[C@H](NC(=O)[C@@H]1[C@H]2CCC[C@H]2CN1C(=O)C(NC(=O)C(NC(=O)c1cnccn1)C1CCCCC1)C(C)(C)C)[C@H](O)C(=O)NC1CC1. The highest BCUT2D eigenvalue weighted by Crippen LogP contribution is 2.43. The third kappa shape index (κ3) is 8.95. The fourth-order valence-electron chi connectivity index (χ4n) is 8.00. The molecule has 1 aromatic heterocycles. The van der Waals surface area contributed by atoms with Crippen LogP contribution in [-0.2, 0) is 19.2 Å². The van der Waals surface area contributed by atoms with Crippen LogP contribution in [0.3, 0.4) is 0 Å². The zero-order valence-electron chi connectivity index (χ0n) is 29.5. The molecule has 0 radical (unpaired) electrons. The van der Waals surface area contributed by atoms with Gasteiger partial charge in [-0.2, -0.15) is 0 Å². The molecule has 1 aliphatic heterocycles. The van der Waals surface area contributed by atoms with Gasteiger partial charge in [0.15, 0.2) is 6.10 Å². The highest BCUT2D eigenvalue weighted by molar-refractivity contribution is 5.98. The maximum Gasteiger partial charge on any atom is 0.272 e. The number of carbonyl (C=O) groups is 5. The van der Waals surface area contributed by atoms with Crippen LogP contribution in [0.4, 0.5) is 0 Å². The molecule has 5 rings (SSSR count). The minimum Gasteiger partial charge on any atom is -0.381 e. The summed E-state index contributed by atoms with van der Waals surface area (Å²) in [5, 5.41) is 22.6. The third-order valence-corrected chi connectivity index (χ3v) is 10.8. The second kappa shape index (κ2) is 15.9. The summed E-state index contributed by atoms with van der Waals surface area (Å²) in [6, 6.07) is -3.35. The van der Waals surface area contributed by atoms with Crippen molar-refractivity contribution in [2.75, 3.05) is 6.54 Å². The Hall–Kier alpha value is -3.61. The van der Waals surface area contributed by atoms with Crippen molar-refractivity contribution in [3.05, 3.63) is 24.3 Å². The summed E-state index contributed by atoms with van der Waals surface area (Å²) in [6.45, 7) is 7.95. The molecule has 2 unspecified atom stereocenters. The molecule has 13 nitrogen and oxygen atoms in total. The van der Waals surface area contributed by atoms with Gasteiger partial charge in [0.1, 0.15) is 23.8 Å². The predicted molar refractivity (Wildman–Crippen MR) is 182 cm³/mol. The summed E-state index contributed by atoms with van der Waals surface area (Å²) in [6.07, 6.45) is 12.8. The Morgan fingerprint density at radius 3 is 2.29 bits per heavy atom. The third-order valence-electron chi connectivity index (χ3n) is 10.8. The van der Waals surface area contributed by atoms with E-state index in [2.05, 4.69) is 31.2 Å². The second-order valence-corrected chi connectivity index (χ2v) is 15.7. The summed E-state index contributed by atoms with van der Waals surface area (Å²) in [5.74, 6) is -2.18. The van der Waals surface area contributed by atoms with E-state index in [0.717, 1.165) is 64.2 Å². The molecule has 49 heavy (non-hydrogen) atoms. The van der Waals surface area contributed by atoms with Crippen molar-refractivity contribution in [1.29, 1.82) is 0 Å². The average molecular weight is 682 g/mol. The average Bonchev–Trinajstić information content (AvgIpc) is 3.65. The number of carbonyl (C=O) groups excluding carboxylic acids is 5. The highest BCUT2D eigenvalue weighted by atomic mass is 16.3. The van der Waals surface area contributed by atoms with E-state index in [1.54, 1.807) is 4.90 Å². The number of rotatable bonds is 13. The molecule has 3 aliphatic carbocycles. The van der Waals surface area contributed by atoms with Crippen LogP contribution in [0, 0.1) is 23.2 Å². The van der Waals surface area contributed by atoms with Crippen LogP contribution in [-0.4, -0.2) is 92.4 Å². The van der Waals surface area contributed by atoms with Gasteiger partial charge < -0.3 is 31.3 Å². The van der Waals surface area contributed by atoms with Gasteiger partial charge in [-0.1, -0.05) is 59.8 Å². The molecular weight excluding hydrogens is 626 g/mol. The smallest absolute Gasteiger partial charge is 0.272 e. The second-order valence-electron chi connectivity index (χ2n) is 15.7. The monoisotopic (exact) mass is 681 g/mol. The summed E-state index contributed by atoms with van der Waals surface area (Å²) in [7, 11) is 0. The van der Waals surface area contributed by atoms with E-state index >= 15 is 0 Å². The van der Waals surface area contributed by atoms with Crippen LogP contribution in [0.1, 0.15) is 115 Å². The fourth-order valence-corrected chi connectivity index (χ4v) is 8.00. The first-order valence-corrected chi connectivity index (χ1v) is 18.4. The van der Waals surface area contributed by atoms with E-state index in [1.807, 2.05) is 27.7 Å². The Balaban J connectivity index is 1.35. The van der Waals surface area contributed by atoms with Crippen LogP contribution in [0.15, 0.2) is 18.6 Å². The molecule has 270 valence electrons. The van der Waals surface area contributed by atoms with Crippen molar-refractivity contribution in [1.82, 2.24) is 36.1 Å². The van der Waals surface area contributed by atoms with Crippen LogP contribution >= 0.6 is 0 Å². The molecule has 1 aromatic rings. The quantitative estimate of drug-likeness (QED) is 0.210. The maximum absolute atomic E-state index is 14.6. The van der Waals surface area contributed by atoms with Gasteiger partial charge in [-0.3, -0.25) is 29.0 Å². The number of likely N-dealkylation sites (tertiary alicyclic amines) is 1. The number of hydrogen-bond acceptors (Lipinski definition) is 8. The summed E-state index contributed by atoms with van der Waals surface area (Å²) in [5.41, 5.74) is -0.618. The van der Waals surface area contributed by atoms with Gasteiger partial charge >= 0.3 is 0 Å². The molecule has 0 bridgehead atoms. The summed E-state index contributed by atoms with van der Waals surface area (Å²) in [4.78, 5) is 78.5. The van der Waals surface area contributed by atoms with Crippen LogP contribution in [0.2, 0.25) is 0 Å². The van der Waals surface area contributed by atoms with Gasteiger partial charge in [-0.15, -0.1) is 0 Å². The lowest BCUT2D eigenvalue weighted by molar-refractivity contribution is -0.146. The molecule has 7 atom stereocenters. The molecule has 0 aromatic carbocycles. The minimum atomic E-state index is -1.40. The first-order valence-electron chi connectivity index (χ1n) is 18.4. The van der Waals surface area contributed by atoms with Crippen molar-refractivity contribution in [2.45, 2.75) is 141 Å². The zero-order chi connectivity index (χ0) is 35.3. The number of fused-ring (bicyclic) bond motifs is 1. The van der Waals surface area contributed by atoms with E-state index in [-0.39, 0.29) is 41.3 Å². The number of hydrogen-bond donors (Lipinski definition) is 5. The molecule has 5 amide bonds. The lowest BCUT2D eigenvalue weighted by Gasteiger charge is -2.38. The molecule has 3 saturated carbocycles. The largest absolute Gasteiger partial charge is 0.381 e. The van der Waals surface area contributed by atoms with Gasteiger partial charge in [0.2, 0.25) is 17.7 Å². The van der Waals surface area contributed by atoms with Gasteiger partial charge in [0, 0.05) is 25.0 Å². The molecule has 4 aliphatic rings. The first kappa shape index (κ1) is 36.7. The summed E-state index contributed by atoms with van der Waals surface area (Å²) < 4.78 is 0. The van der Waals surface area contributed by atoms with E-state index in [1.165, 1.54) is 18.6 Å². The standard InChI is InChI=1S/C36H55N7O6/c1-5-10-25(29(44)34(48)39-23-15-16-23)40-33(47)28-24-14-9-13-22(24)20-43(28)35(49)30(36(2,3)4)42-32(46)27(21-11-7-6-8-12-21)41-31(45)26-19-37-17-18-38-26/h17-19,21-25,27-30,44H,5-16,20H2,1-4H3,(H,39,48)(H,40,47)(H,41,45)(H,42,46)/t22-,24-,25-,27?,28-,29-,30?/m0/s1. The van der Waals surface area contributed by atoms with Gasteiger partial charge in [0.25, 0.3) is 11.8 Å². The van der Waals surface area contributed by atoms with E-state index in [0.29, 0.717) is 19.4 Å². The van der Waals surface area contributed by atoms with Crippen LogP contribution in [0.5, 0.6) is 0 Å². The fraction of sp³-hybridized carbons (Fsp3) is 0.750. The van der Waals surface area contributed by atoms with E-state index < -0.39 is 53.4 Å². The van der Waals surface area contributed by atoms with Gasteiger partial charge in [0.05, 0.1) is 12.2 Å². The Morgan fingerprint density at radius 1 is 0.918 bits per heavy atom. The Bertz CT molecular complexity index is 1340.